The van der Waals surface area contributed by atoms with Crippen molar-refractivity contribution in [2.45, 2.75) is 0 Å². The van der Waals surface area contributed by atoms with Gasteiger partial charge in [0.25, 0.3) is 0 Å². The van der Waals surface area contributed by atoms with E-state index in [1.54, 1.807) is 12.1 Å². The third-order valence-corrected chi connectivity index (χ3v) is 3.52. The van der Waals surface area contributed by atoms with Crippen LogP contribution < -0.4 is 4.74 Å². The lowest BCUT2D eigenvalue weighted by Crippen LogP contribution is -2.10. The zero-order chi connectivity index (χ0) is 16.9. The SMILES string of the molecule is O=C(O)c1cccc(C(=O)Oc2ccccc2-c2ccccc2)c1. The third kappa shape index (κ3) is 3.33. The molecule has 0 bridgehead atoms. The zero-order valence-corrected chi connectivity index (χ0v) is 12.7. The highest BCUT2D eigenvalue weighted by Crippen LogP contribution is 2.30. The van der Waals surface area contributed by atoms with Crippen molar-refractivity contribution >= 4 is 11.9 Å². The van der Waals surface area contributed by atoms with Crippen molar-refractivity contribution in [1.82, 2.24) is 0 Å². The van der Waals surface area contributed by atoms with Crippen LogP contribution in [0.15, 0.2) is 78.9 Å². The third-order valence-electron chi connectivity index (χ3n) is 3.52. The van der Waals surface area contributed by atoms with Gasteiger partial charge in [0, 0.05) is 5.56 Å². The minimum absolute atomic E-state index is 0.0424. The van der Waals surface area contributed by atoms with Crippen molar-refractivity contribution < 1.29 is 19.4 Å². The number of ether oxygens (including phenoxy) is 1. The molecule has 3 aromatic rings. The second kappa shape index (κ2) is 6.79. The summed E-state index contributed by atoms with van der Waals surface area (Å²) in [5.41, 5.74) is 1.96. The average molecular weight is 318 g/mol. The molecule has 0 amide bonds. The summed E-state index contributed by atoms with van der Waals surface area (Å²) < 4.78 is 5.49. The predicted molar refractivity (Wildman–Crippen MR) is 90.2 cm³/mol. The minimum atomic E-state index is -1.09. The van der Waals surface area contributed by atoms with Gasteiger partial charge in [-0.05, 0) is 29.8 Å². The Kier molecular flexibility index (Phi) is 4.38. The molecule has 0 heterocycles. The zero-order valence-electron chi connectivity index (χ0n) is 12.7. The van der Waals surface area contributed by atoms with Crippen molar-refractivity contribution in [3.63, 3.8) is 0 Å². The molecule has 118 valence electrons. The van der Waals surface area contributed by atoms with Gasteiger partial charge in [-0.3, -0.25) is 0 Å². The average Bonchev–Trinajstić information content (AvgIpc) is 2.63. The predicted octanol–water partition coefficient (Wildman–Crippen LogP) is 4.27. The Labute approximate surface area is 139 Å². The molecule has 3 aromatic carbocycles. The lowest BCUT2D eigenvalue weighted by atomic mass is 10.0. The second-order valence-electron chi connectivity index (χ2n) is 5.14. The van der Waals surface area contributed by atoms with Crippen LogP contribution in [-0.2, 0) is 0 Å². The van der Waals surface area contributed by atoms with Gasteiger partial charge >= 0.3 is 11.9 Å². The van der Waals surface area contributed by atoms with Crippen LogP contribution in [0.25, 0.3) is 11.1 Å². The van der Waals surface area contributed by atoms with Gasteiger partial charge in [-0.1, -0.05) is 54.6 Å². The number of benzene rings is 3. The quantitative estimate of drug-likeness (QED) is 0.576. The largest absolute Gasteiger partial charge is 0.478 e. The van der Waals surface area contributed by atoms with Gasteiger partial charge in [0.05, 0.1) is 11.1 Å². The molecule has 3 rings (SSSR count). The summed E-state index contributed by atoms with van der Waals surface area (Å²) in [7, 11) is 0. The lowest BCUT2D eigenvalue weighted by Gasteiger charge is -2.10. The number of carboxylic acids is 1. The number of hydrogen-bond acceptors (Lipinski definition) is 3. The molecule has 1 N–H and O–H groups in total. The molecule has 0 saturated carbocycles. The highest BCUT2D eigenvalue weighted by Gasteiger charge is 2.14. The maximum absolute atomic E-state index is 12.4. The van der Waals surface area contributed by atoms with Crippen molar-refractivity contribution in [2.24, 2.45) is 0 Å². The van der Waals surface area contributed by atoms with Crippen molar-refractivity contribution in [3.8, 4) is 16.9 Å². The van der Waals surface area contributed by atoms with Gasteiger partial charge < -0.3 is 9.84 Å². The fourth-order valence-corrected chi connectivity index (χ4v) is 2.35. The number of aromatic carboxylic acids is 1. The number of esters is 1. The molecule has 4 heteroatoms. The Bertz CT molecular complexity index is 885. The van der Waals surface area contributed by atoms with Crippen LogP contribution in [0.1, 0.15) is 20.7 Å². The Balaban J connectivity index is 1.91. The van der Waals surface area contributed by atoms with Crippen LogP contribution in [0.2, 0.25) is 0 Å². The Morgan fingerprint density at radius 1 is 0.750 bits per heavy atom. The summed E-state index contributed by atoms with van der Waals surface area (Å²) in [6.07, 6.45) is 0. The van der Waals surface area contributed by atoms with E-state index in [0.717, 1.165) is 11.1 Å². The molecule has 4 nitrogen and oxygen atoms in total. The summed E-state index contributed by atoms with van der Waals surface area (Å²) in [5, 5.41) is 9.02. The van der Waals surface area contributed by atoms with Crippen molar-refractivity contribution in [1.29, 1.82) is 0 Å². The van der Waals surface area contributed by atoms with Gasteiger partial charge in [0.15, 0.2) is 0 Å². The molecular weight excluding hydrogens is 304 g/mol. The van der Waals surface area contributed by atoms with E-state index in [1.807, 2.05) is 42.5 Å². The summed E-state index contributed by atoms with van der Waals surface area (Å²) in [4.78, 5) is 23.4. The summed E-state index contributed by atoms with van der Waals surface area (Å²) >= 11 is 0. The van der Waals surface area contributed by atoms with E-state index >= 15 is 0 Å². The van der Waals surface area contributed by atoms with E-state index < -0.39 is 11.9 Å². The molecule has 0 spiro atoms. The topological polar surface area (TPSA) is 63.6 Å². The number of rotatable bonds is 4. The molecule has 0 saturated heterocycles. The summed E-state index contributed by atoms with van der Waals surface area (Å²) in [6, 6.07) is 22.6. The Hall–Kier alpha value is -3.40. The Morgan fingerprint density at radius 2 is 1.42 bits per heavy atom. The van der Waals surface area contributed by atoms with Gasteiger partial charge in [0.2, 0.25) is 0 Å². The van der Waals surface area contributed by atoms with E-state index in [0.29, 0.717) is 5.75 Å². The number of carbonyl (C=O) groups is 2. The second-order valence-corrected chi connectivity index (χ2v) is 5.14. The van der Waals surface area contributed by atoms with Crippen LogP contribution in [0, 0.1) is 0 Å². The first-order valence-corrected chi connectivity index (χ1v) is 7.35. The minimum Gasteiger partial charge on any atom is -0.478 e. The van der Waals surface area contributed by atoms with E-state index in [4.69, 9.17) is 9.84 Å². The lowest BCUT2D eigenvalue weighted by molar-refractivity contribution is 0.0697. The fraction of sp³-hybridized carbons (Fsp3) is 0. The molecule has 0 aliphatic carbocycles. The molecular formula is C20H14O4. The smallest absolute Gasteiger partial charge is 0.343 e. The molecule has 0 aromatic heterocycles. The molecule has 0 fully saturated rings. The molecule has 24 heavy (non-hydrogen) atoms. The van der Waals surface area contributed by atoms with Crippen LogP contribution in [0.4, 0.5) is 0 Å². The van der Waals surface area contributed by atoms with E-state index in [-0.39, 0.29) is 11.1 Å². The van der Waals surface area contributed by atoms with Gasteiger partial charge in [-0.2, -0.15) is 0 Å². The van der Waals surface area contributed by atoms with Crippen LogP contribution in [0.3, 0.4) is 0 Å². The maximum Gasteiger partial charge on any atom is 0.343 e. The number of carbonyl (C=O) groups excluding carboxylic acids is 1. The van der Waals surface area contributed by atoms with Crippen LogP contribution >= 0.6 is 0 Å². The number of hydrogen-bond donors (Lipinski definition) is 1. The summed E-state index contributed by atoms with van der Waals surface area (Å²) in [6.45, 7) is 0. The molecule has 0 radical (unpaired) electrons. The normalized spacial score (nSPS) is 10.2. The first kappa shape index (κ1) is 15.5. The number of carboxylic acid groups (broad SMARTS) is 1. The first-order chi connectivity index (χ1) is 11.6. The van der Waals surface area contributed by atoms with Crippen LogP contribution in [-0.4, -0.2) is 17.0 Å². The fourth-order valence-electron chi connectivity index (χ4n) is 2.35. The highest BCUT2D eigenvalue weighted by atomic mass is 16.5. The number of para-hydroxylation sites is 1. The molecule has 0 aliphatic rings. The standard InChI is InChI=1S/C20H14O4/c21-19(22)15-9-6-10-16(13-15)20(23)24-18-12-5-4-11-17(18)14-7-2-1-3-8-14/h1-13H,(H,21,22). The molecule has 0 atom stereocenters. The first-order valence-electron chi connectivity index (χ1n) is 7.35. The molecule has 0 unspecified atom stereocenters. The van der Waals surface area contributed by atoms with E-state index in [9.17, 15) is 9.59 Å². The van der Waals surface area contributed by atoms with Crippen molar-refractivity contribution in [3.05, 3.63) is 90.0 Å². The van der Waals surface area contributed by atoms with E-state index in [2.05, 4.69) is 0 Å². The van der Waals surface area contributed by atoms with Gasteiger partial charge in [0.1, 0.15) is 5.75 Å². The molecule has 0 aliphatic heterocycles. The Morgan fingerprint density at radius 3 is 2.17 bits per heavy atom. The van der Waals surface area contributed by atoms with E-state index in [1.165, 1.54) is 24.3 Å². The maximum atomic E-state index is 12.4. The van der Waals surface area contributed by atoms with Gasteiger partial charge in [-0.25, -0.2) is 9.59 Å². The van der Waals surface area contributed by atoms with Crippen molar-refractivity contribution in [2.75, 3.05) is 0 Å². The van der Waals surface area contributed by atoms with Crippen LogP contribution in [0.5, 0.6) is 5.75 Å². The summed E-state index contributed by atoms with van der Waals surface area (Å²) in [5.74, 6) is -1.26. The highest BCUT2D eigenvalue weighted by molar-refractivity contribution is 5.96. The van der Waals surface area contributed by atoms with Gasteiger partial charge in [-0.15, -0.1) is 0 Å². The monoisotopic (exact) mass is 318 g/mol.